The van der Waals surface area contributed by atoms with Crippen LogP contribution in [0.3, 0.4) is 0 Å². The van der Waals surface area contributed by atoms with Gasteiger partial charge >= 0.3 is 5.97 Å². The first-order valence-electron chi connectivity index (χ1n) is 11.2. The quantitative estimate of drug-likeness (QED) is 0.510. The molecule has 1 aliphatic rings. The number of nitrogens with one attached hydrogen (secondary N) is 1. The van der Waals surface area contributed by atoms with Crippen LogP contribution in [0.5, 0.6) is 5.75 Å². The molecular formula is C26H29N3O4S. The van der Waals surface area contributed by atoms with E-state index >= 15 is 0 Å². The number of esters is 1. The number of ether oxygens (including phenoxy) is 2. The predicted molar refractivity (Wildman–Crippen MR) is 136 cm³/mol. The number of methoxy groups -OCH3 is 2. The first kappa shape index (κ1) is 23.8. The molecule has 0 saturated carbocycles. The van der Waals surface area contributed by atoms with Gasteiger partial charge < -0.3 is 19.7 Å². The van der Waals surface area contributed by atoms with Gasteiger partial charge in [0.1, 0.15) is 16.3 Å². The molecule has 0 unspecified atom stereocenters. The summed E-state index contributed by atoms with van der Waals surface area (Å²) in [6, 6.07) is 17.7. The van der Waals surface area contributed by atoms with Gasteiger partial charge in [0.2, 0.25) is 5.91 Å². The van der Waals surface area contributed by atoms with Gasteiger partial charge in [-0.2, -0.15) is 0 Å². The molecule has 1 aliphatic heterocycles. The van der Waals surface area contributed by atoms with Crippen molar-refractivity contribution in [2.24, 2.45) is 0 Å². The minimum Gasteiger partial charge on any atom is -0.497 e. The van der Waals surface area contributed by atoms with Gasteiger partial charge in [-0.3, -0.25) is 9.69 Å². The van der Waals surface area contributed by atoms with E-state index in [1.807, 2.05) is 55.5 Å². The molecule has 1 fully saturated rings. The molecule has 1 saturated heterocycles. The number of hydrogen-bond donors (Lipinski definition) is 1. The highest BCUT2D eigenvalue weighted by molar-refractivity contribution is 7.17. The fraction of sp³-hybridized carbons (Fsp3) is 0.308. The van der Waals surface area contributed by atoms with Crippen LogP contribution in [0.1, 0.15) is 15.2 Å². The summed E-state index contributed by atoms with van der Waals surface area (Å²) in [7, 11) is 3.02. The largest absolute Gasteiger partial charge is 0.497 e. The van der Waals surface area contributed by atoms with Crippen molar-refractivity contribution in [1.82, 2.24) is 4.90 Å². The summed E-state index contributed by atoms with van der Waals surface area (Å²) in [6.07, 6.45) is 0. The smallest absolute Gasteiger partial charge is 0.341 e. The second-order valence-electron chi connectivity index (χ2n) is 8.11. The maximum Gasteiger partial charge on any atom is 0.341 e. The maximum absolute atomic E-state index is 12.9. The topological polar surface area (TPSA) is 71.1 Å². The summed E-state index contributed by atoms with van der Waals surface area (Å²) in [5.41, 5.74) is 3.26. The van der Waals surface area contributed by atoms with Crippen molar-refractivity contribution in [3.8, 4) is 16.9 Å². The second-order valence-corrected chi connectivity index (χ2v) is 9.33. The van der Waals surface area contributed by atoms with Crippen molar-refractivity contribution >= 4 is 33.9 Å². The molecule has 1 N–H and O–H groups in total. The highest BCUT2D eigenvalue weighted by Crippen LogP contribution is 2.40. The summed E-state index contributed by atoms with van der Waals surface area (Å²) in [5, 5.41) is 3.50. The zero-order valence-corrected chi connectivity index (χ0v) is 20.5. The minimum atomic E-state index is -0.453. The Morgan fingerprint density at radius 2 is 1.74 bits per heavy atom. The highest BCUT2D eigenvalue weighted by Gasteiger charge is 2.26. The van der Waals surface area contributed by atoms with Crippen molar-refractivity contribution < 1.29 is 19.1 Å². The number of carbonyl (C=O) groups is 2. The Bertz CT molecular complexity index is 1150. The first-order valence-corrected chi connectivity index (χ1v) is 12.0. The predicted octanol–water partition coefficient (Wildman–Crippen LogP) is 4.28. The fourth-order valence-electron chi connectivity index (χ4n) is 4.22. The van der Waals surface area contributed by atoms with Crippen LogP contribution in [-0.4, -0.2) is 63.7 Å². The second kappa shape index (κ2) is 10.7. The Morgan fingerprint density at radius 1 is 1.00 bits per heavy atom. The van der Waals surface area contributed by atoms with Crippen LogP contribution >= 0.6 is 11.3 Å². The third-order valence-electron chi connectivity index (χ3n) is 5.95. The number of hydrogen-bond acceptors (Lipinski definition) is 7. The average molecular weight is 480 g/mol. The van der Waals surface area contributed by atoms with E-state index in [-0.39, 0.29) is 12.5 Å². The minimum absolute atomic E-state index is 0.138. The van der Waals surface area contributed by atoms with Crippen LogP contribution < -0.4 is 15.0 Å². The molecule has 34 heavy (non-hydrogen) atoms. The van der Waals surface area contributed by atoms with Gasteiger partial charge in [-0.05, 0) is 24.6 Å². The van der Waals surface area contributed by atoms with E-state index < -0.39 is 5.97 Å². The van der Waals surface area contributed by atoms with Crippen molar-refractivity contribution in [3.63, 3.8) is 0 Å². The molecule has 0 bridgehead atoms. The molecule has 8 heteroatoms. The van der Waals surface area contributed by atoms with Crippen LogP contribution in [0.25, 0.3) is 11.1 Å². The number of thiophene rings is 1. The number of benzene rings is 2. The number of piperazine rings is 1. The summed E-state index contributed by atoms with van der Waals surface area (Å²) >= 11 is 1.40. The molecule has 0 radical (unpaired) electrons. The summed E-state index contributed by atoms with van der Waals surface area (Å²) in [5.74, 6) is 0.244. The summed E-state index contributed by atoms with van der Waals surface area (Å²) in [6.45, 7) is 5.41. The van der Waals surface area contributed by atoms with E-state index in [2.05, 4.69) is 21.2 Å². The van der Waals surface area contributed by atoms with Gasteiger partial charge in [0.15, 0.2) is 0 Å². The molecule has 0 aliphatic carbocycles. The number of amides is 1. The van der Waals surface area contributed by atoms with Gasteiger partial charge in [-0.25, -0.2) is 4.79 Å². The molecule has 7 nitrogen and oxygen atoms in total. The lowest BCUT2D eigenvalue weighted by molar-refractivity contribution is -0.117. The van der Waals surface area contributed by atoms with Crippen molar-refractivity contribution in [3.05, 3.63) is 65.0 Å². The van der Waals surface area contributed by atoms with Crippen LogP contribution in [0, 0.1) is 6.92 Å². The zero-order chi connectivity index (χ0) is 24.1. The maximum atomic E-state index is 12.9. The summed E-state index contributed by atoms with van der Waals surface area (Å²) in [4.78, 5) is 30.9. The average Bonchev–Trinajstić information content (AvgIpc) is 3.19. The normalized spacial score (nSPS) is 14.0. The number of carbonyl (C=O) groups excluding carboxylic acids is 2. The molecule has 0 spiro atoms. The number of rotatable bonds is 7. The van der Waals surface area contributed by atoms with Crippen LogP contribution in [0.2, 0.25) is 0 Å². The highest BCUT2D eigenvalue weighted by atomic mass is 32.1. The van der Waals surface area contributed by atoms with E-state index in [1.165, 1.54) is 18.4 Å². The van der Waals surface area contributed by atoms with Gasteiger partial charge in [0.05, 0.1) is 20.8 Å². The van der Waals surface area contributed by atoms with E-state index in [9.17, 15) is 9.59 Å². The van der Waals surface area contributed by atoms with Crippen LogP contribution in [-0.2, 0) is 9.53 Å². The number of aryl methyl sites for hydroxylation is 1. The van der Waals surface area contributed by atoms with Crippen molar-refractivity contribution in [2.45, 2.75) is 6.92 Å². The lowest BCUT2D eigenvalue weighted by Crippen LogP contribution is -2.48. The Morgan fingerprint density at radius 3 is 2.41 bits per heavy atom. The number of nitrogens with zero attached hydrogens (tertiary/aromatic N) is 2. The molecule has 178 valence electrons. The molecule has 3 aromatic rings. The van der Waals surface area contributed by atoms with Gasteiger partial charge in [-0.15, -0.1) is 11.3 Å². The van der Waals surface area contributed by atoms with Gasteiger partial charge in [-0.1, -0.05) is 36.4 Å². The van der Waals surface area contributed by atoms with Crippen molar-refractivity contribution in [1.29, 1.82) is 0 Å². The Labute approximate surface area is 203 Å². The van der Waals surface area contributed by atoms with Crippen LogP contribution in [0.4, 0.5) is 10.7 Å². The Balaban J connectivity index is 1.42. The third-order valence-corrected chi connectivity index (χ3v) is 6.97. The Hall–Kier alpha value is -3.36. The number of anilines is 2. The summed E-state index contributed by atoms with van der Waals surface area (Å²) < 4.78 is 10.4. The molecular weight excluding hydrogens is 450 g/mol. The molecule has 2 heterocycles. The third kappa shape index (κ3) is 5.24. The lowest BCUT2D eigenvalue weighted by atomic mass is 10.0. The first-order chi connectivity index (χ1) is 16.5. The molecule has 1 amide bonds. The van der Waals surface area contributed by atoms with E-state index in [4.69, 9.17) is 9.47 Å². The monoisotopic (exact) mass is 479 g/mol. The van der Waals surface area contributed by atoms with Crippen LogP contribution in [0.15, 0.2) is 54.6 Å². The van der Waals surface area contributed by atoms with Crippen molar-refractivity contribution in [2.75, 3.05) is 57.2 Å². The van der Waals surface area contributed by atoms with Gasteiger partial charge in [0, 0.05) is 48.4 Å². The SMILES string of the molecule is COC(=O)c1c(NC(=O)CN2CCN(c3cccc(OC)c3)CC2)sc(C)c1-c1ccccc1. The zero-order valence-electron chi connectivity index (χ0n) is 19.7. The van der Waals surface area contributed by atoms with E-state index in [1.54, 1.807) is 7.11 Å². The Kier molecular flexibility index (Phi) is 7.49. The molecule has 4 rings (SSSR count). The molecule has 1 aromatic heterocycles. The lowest BCUT2D eigenvalue weighted by Gasteiger charge is -2.35. The molecule has 0 atom stereocenters. The fourth-order valence-corrected chi connectivity index (χ4v) is 5.30. The van der Waals surface area contributed by atoms with E-state index in [0.29, 0.717) is 10.6 Å². The van der Waals surface area contributed by atoms with Gasteiger partial charge in [0.25, 0.3) is 0 Å². The van der Waals surface area contributed by atoms with E-state index in [0.717, 1.165) is 53.6 Å². The molecule has 2 aromatic carbocycles. The standard InChI is InChI=1S/C26H29N3O4S/c1-18-23(19-8-5-4-6-9-19)24(26(31)33-3)25(34-18)27-22(30)17-28-12-14-29(15-13-28)20-10-7-11-21(16-20)32-2/h4-11,16H,12-15,17H2,1-3H3,(H,27,30).